The number of carbonyl (C=O) groups excluding carboxylic acids is 1. The van der Waals surface area contributed by atoms with Crippen molar-refractivity contribution in [3.8, 4) is 0 Å². The number of sulfonamides is 1. The Morgan fingerprint density at radius 3 is 2.49 bits per heavy atom. The number of rotatable bonds is 7. The van der Waals surface area contributed by atoms with Gasteiger partial charge in [0.15, 0.2) is 0 Å². The lowest BCUT2D eigenvalue weighted by Gasteiger charge is -2.26. The Morgan fingerprint density at radius 2 is 1.83 bits per heavy atom. The van der Waals surface area contributed by atoms with E-state index in [9.17, 15) is 13.2 Å². The normalized spacial score (nSPS) is 12.1. The van der Waals surface area contributed by atoms with E-state index in [1.54, 1.807) is 59.4 Å². The first kappa shape index (κ1) is 24.8. The minimum absolute atomic E-state index is 0.0231. The lowest BCUT2D eigenvalue weighted by Crippen LogP contribution is -2.34. The number of ketones is 1. The molecule has 0 saturated heterocycles. The van der Waals surface area contributed by atoms with Gasteiger partial charge in [0.2, 0.25) is 5.78 Å². The monoisotopic (exact) mass is 512 g/mol. The number of benzene rings is 1. The highest BCUT2D eigenvalue weighted by Crippen LogP contribution is 2.31. The molecule has 0 aliphatic carbocycles. The number of fused-ring (bicyclic) bond motifs is 1. The molecule has 3 aromatic heterocycles. The average molecular weight is 513 g/mol. The smallest absolute Gasteiger partial charge is 0.266 e. The molecule has 182 valence electrons. The van der Waals surface area contributed by atoms with Crippen molar-refractivity contribution < 1.29 is 17.9 Å². The summed E-state index contributed by atoms with van der Waals surface area (Å²) in [5.74, 6) is -0.466. The van der Waals surface area contributed by atoms with Gasteiger partial charge < -0.3 is 9.14 Å². The molecule has 1 aromatic carbocycles. The van der Waals surface area contributed by atoms with Crippen LogP contribution in [0.15, 0.2) is 72.1 Å². The lowest BCUT2D eigenvalue weighted by molar-refractivity contribution is 0.103. The van der Waals surface area contributed by atoms with Crippen molar-refractivity contribution in [2.45, 2.75) is 31.1 Å². The molecular formula is C25H25ClN4O4S. The van der Waals surface area contributed by atoms with Crippen LogP contribution in [0, 0.1) is 0 Å². The number of anilines is 1. The average Bonchev–Trinajstić information content (AvgIpc) is 3.29. The van der Waals surface area contributed by atoms with Crippen molar-refractivity contribution in [1.29, 1.82) is 0 Å². The third-order valence-electron chi connectivity index (χ3n) is 5.52. The molecule has 0 amide bonds. The maximum atomic E-state index is 13.7. The Morgan fingerprint density at radius 1 is 1.11 bits per heavy atom. The number of hydrogen-bond acceptors (Lipinski definition) is 6. The van der Waals surface area contributed by atoms with Crippen molar-refractivity contribution in [3.63, 3.8) is 0 Å². The molecule has 0 fully saturated rings. The van der Waals surface area contributed by atoms with E-state index in [0.717, 1.165) is 9.87 Å². The van der Waals surface area contributed by atoms with Gasteiger partial charge in [-0.3, -0.25) is 4.79 Å². The molecule has 0 N–H and O–H groups in total. The predicted molar refractivity (Wildman–Crippen MR) is 135 cm³/mol. The van der Waals surface area contributed by atoms with Crippen molar-refractivity contribution in [2.75, 3.05) is 18.1 Å². The molecule has 0 unspecified atom stereocenters. The fourth-order valence-corrected chi connectivity index (χ4v) is 5.15. The van der Waals surface area contributed by atoms with Crippen molar-refractivity contribution in [1.82, 2.24) is 14.4 Å². The minimum atomic E-state index is -4.12. The second kappa shape index (κ2) is 9.41. The SMILES string of the molecule is COCN(c1cc(Cl)cnc1C(=O)c1ccc2nccn2c1)S(=O)(=O)c1ccc(C(C)(C)C)cc1. The van der Waals surface area contributed by atoms with Crippen molar-refractivity contribution >= 4 is 38.7 Å². The van der Waals surface area contributed by atoms with Crippen LogP contribution in [-0.4, -0.2) is 42.4 Å². The highest BCUT2D eigenvalue weighted by molar-refractivity contribution is 7.92. The van der Waals surface area contributed by atoms with Gasteiger partial charge in [-0.2, -0.15) is 0 Å². The first-order valence-electron chi connectivity index (χ1n) is 10.8. The van der Waals surface area contributed by atoms with E-state index in [2.05, 4.69) is 9.97 Å². The summed E-state index contributed by atoms with van der Waals surface area (Å²) in [5.41, 5.74) is 1.80. The molecule has 35 heavy (non-hydrogen) atoms. The molecule has 8 nitrogen and oxygen atoms in total. The number of ether oxygens (including phenoxy) is 1. The van der Waals surface area contributed by atoms with Crippen molar-refractivity contribution in [2.24, 2.45) is 0 Å². The van der Waals surface area contributed by atoms with Gasteiger partial charge >= 0.3 is 0 Å². The molecule has 0 atom stereocenters. The second-order valence-corrected chi connectivity index (χ2v) is 11.3. The lowest BCUT2D eigenvalue weighted by atomic mass is 9.87. The summed E-state index contributed by atoms with van der Waals surface area (Å²) in [6, 6.07) is 11.4. The van der Waals surface area contributed by atoms with Crippen LogP contribution in [0.5, 0.6) is 0 Å². The van der Waals surface area contributed by atoms with E-state index in [0.29, 0.717) is 11.2 Å². The maximum Gasteiger partial charge on any atom is 0.266 e. The Hall–Kier alpha value is -3.27. The number of nitrogens with zero attached hydrogens (tertiary/aromatic N) is 4. The zero-order chi connectivity index (χ0) is 25.4. The molecule has 0 radical (unpaired) electrons. The summed E-state index contributed by atoms with van der Waals surface area (Å²) < 4.78 is 35.3. The highest BCUT2D eigenvalue weighted by atomic mass is 35.5. The molecule has 3 heterocycles. The van der Waals surface area contributed by atoms with Gasteiger partial charge in [0, 0.05) is 37.5 Å². The van der Waals surface area contributed by atoms with Crippen LogP contribution >= 0.6 is 11.6 Å². The van der Waals surface area contributed by atoms with E-state index in [1.807, 2.05) is 20.8 Å². The summed E-state index contributed by atoms with van der Waals surface area (Å²) in [6.07, 6.45) is 6.26. The molecule has 4 aromatic rings. The topological polar surface area (TPSA) is 93.9 Å². The summed E-state index contributed by atoms with van der Waals surface area (Å²) in [4.78, 5) is 21.9. The number of carbonyl (C=O) groups is 1. The molecule has 0 saturated carbocycles. The fraction of sp³-hybridized carbons (Fsp3) is 0.240. The molecular weight excluding hydrogens is 488 g/mol. The predicted octanol–water partition coefficient (Wildman–Crippen LogP) is 4.71. The second-order valence-electron chi connectivity index (χ2n) is 9.01. The van der Waals surface area contributed by atoms with E-state index < -0.39 is 15.8 Å². The van der Waals surface area contributed by atoms with Crippen LogP contribution in [-0.2, 0) is 20.2 Å². The quantitative estimate of drug-likeness (QED) is 0.263. The standard InChI is InChI=1S/C25H25ClN4O4S/c1-25(2,3)18-6-8-20(9-7-18)35(32,33)30(16-34-4)21-13-19(26)14-28-23(21)24(31)17-5-10-22-27-11-12-29(22)15-17/h5-15H,16H2,1-4H3. The first-order valence-corrected chi connectivity index (χ1v) is 12.6. The Labute approximate surface area is 209 Å². The maximum absolute atomic E-state index is 13.7. The number of methoxy groups -OCH3 is 1. The summed E-state index contributed by atoms with van der Waals surface area (Å²) in [7, 11) is -2.74. The van der Waals surface area contributed by atoms with Crippen LogP contribution < -0.4 is 4.31 Å². The number of aromatic nitrogens is 3. The number of hydrogen-bond donors (Lipinski definition) is 0. The van der Waals surface area contributed by atoms with Crippen LogP contribution in [0.3, 0.4) is 0 Å². The van der Waals surface area contributed by atoms with Gasteiger partial charge in [0.05, 0.1) is 15.6 Å². The molecule has 0 aliphatic rings. The summed E-state index contributed by atoms with van der Waals surface area (Å²) >= 11 is 6.19. The van der Waals surface area contributed by atoms with Gasteiger partial charge in [0.1, 0.15) is 18.1 Å². The fourth-order valence-electron chi connectivity index (χ4n) is 3.62. The molecule has 0 bridgehead atoms. The molecule has 10 heteroatoms. The van der Waals surface area contributed by atoms with E-state index >= 15 is 0 Å². The molecule has 0 aliphatic heterocycles. The van der Waals surface area contributed by atoms with E-state index in [-0.39, 0.29) is 33.4 Å². The van der Waals surface area contributed by atoms with Gasteiger partial charge in [-0.15, -0.1) is 0 Å². The van der Waals surface area contributed by atoms with Gasteiger partial charge in [-0.25, -0.2) is 22.7 Å². The minimum Gasteiger partial charge on any atom is -0.363 e. The highest BCUT2D eigenvalue weighted by Gasteiger charge is 2.30. The zero-order valence-electron chi connectivity index (χ0n) is 19.8. The summed E-state index contributed by atoms with van der Waals surface area (Å²) in [6.45, 7) is 5.80. The third-order valence-corrected chi connectivity index (χ3v) is 7.48. The van der Waals surface area contributed by atoms with Crippen LogP contribution in [0.25, 0.3) is 5.65 Å². The number of pyridine rings is 2. The van der Waals surface area contributed by atoms with Crippen LogP contribution in [0.2, 0.25) is 5.02 Å². The molecule has 4 rings (SSSR count). The number of imidazole rings is 1. The Balaban J connectivity index is 1.81. The van der Waals surface area contributed by atoms with Crippen molar-refractivity contribution in [3.05, 3.63) is 89.1 Å². The van der Waals surface area contributed by atoms with Gasteiger partial charge in [0.25, 0.3) is 10.0 Å². The number of halogens is 1. The largest absolute Gasteiger partial charge is 0.363 e. The Bertz CT molecular complexity index is 1490. The van der Waals surface area contributed by atoms with Gasteiger partial charge in [-0.1, -0.05) is 44.5 Å². The van der Waals surface area contributed by atoms with E-state index in [4.69, 9.17) is 16.3 Å². The Kier molecular flexibility index (Phi) is 6.68. The van der Waals surface area contributed by atoms with Crippen LogP contribution in [0.1, 0.15) is 42.4 Å². The van der Waals surface area contributed by atoms with Gasteiger partial charge in [-0.05, 0) is 41.3 Å². The van der Waals surface area contributed by atoms with Crippen LogP contribution in [0.4, 0.5) is 5.69 Å². The first-order chi connectivity index (χ1) is 16.5. The molecule has 0 spiro atoms. The third kappa shape index (κ3) is 4.93. The van der Waals surface area contributed by atoms with E-state index in [1.165, 1.54) is 19.4 Å². The zero-order valence-corrected chi connectivity index (χ0v) is 21.3. The summed E-state index contributed by atoms with van der Waals surface area (Å²) in [5, 5.41) is 0.181.